The Kier molecular flexibility index (Phi) is 4.56. The molecule has 0 saturated carbocycles. The second-order valence-electron chi connectivity index (χ2n) is 5.76. The van der Waals surface area contributed by atoms with Gasteiger partial charge in [0, 0.05) is 4.47 Å². The molecule has 0 aliphatic carbocycles. The van der Waals surface area contributed by atoms with Crippen LogP contribution in [0.5, 0.6) is 0 Å². The molecule has 1 unspecified atom stereocenters. The molecule has 5 heteroatoms. The van der Waals surface area contributed by atoms with Crippen LogP contribution >= 0.6 is 15.9 Å². The first-order valence-corrected chi connectivity index (χ1v) is 7.80. The Morgan fingerprint density at radius 1 is 1.18 bits per heavy atom. The van der Waals surface area contributed by atoms with E-state index in [4.69, 9.17) is 0 Å². The zero-order valence-electron chi connectivity index (χ0n) is 12.7. The molecule has 0 spiro atoms. The van der Waals surface area contributed by atoms with E-state index in [1.807, 2.05) is 30.3 Å². The van der Waals surface area contributed by atoms with Crippen molar-refractivity contribution in [2.75, 3.05) is 0 Å². The molecule has 0 heterocycles. The second-order valence-corrected chi connectivity index (χ2v) is 6.56. The van der Waals surface area contributed by atoms with Crippen molar-refractivity contribution < 1.29 is 14.7 Å². The molecule has 2 N–H and O–H groups in total. The molecule has 0 saturated heterocycles. The third kappa shape index (κ3) is 2.86. The minimum atomic E-state index is -1.32. The Bertz CT molecular complexity index is 742. The van der Waals surface area contributed by atoms with Gasteiger partial charge in [-0.2, -0.15) is 0 Å². The summed E-state index contributed by atoms with van der Waals surface area (Å²) in [7, 11) is 0. The fourth-order valence-electron chi connectivity index (χ4n) is 2.16. The minimum absolute atomic E-state index is 0.242. The van der Waals surface area contributed by atoms with E-state index < -0.39 is 17.4 Å². The van der Waals surface area contributed by atoms with E-state index in [0.29, 0.717) is 10.0 Å². The maximum absolute atomic E-state index is 12.5. The molecule has 1 atom stereocenters. The van der Waals surface area contributed by atoms with Crippen LogP contribution in [0.25, 0.3) is 10.8 Å². The molecule has 2 rings (SSSR count). The van der Waals surface area contributed by atoms with Crippen LogP contribution in [0.4, 0.5) is 0 Å². The van der Waals surface area contributed by atoms with Gasteiger partial charge in [0.1, 0.15) is 5.54 Å². The van der Waals surface area contributed by atoms with Crippen molar-refractivity contribution in [2.45, 2.75) is 26.3 Å². The normalized spacial score (nSPS) is 13.9. The fourth-order valence-corrected chi connectivity index (χ4v) is 2.83. The highest BCUT2D eigenvalue weighted by Crippen LogP contribution is 2.28. The van der Waals surface area contributed by atoms with Crippen molar-refractivity contribution in [1.82, 2.24) is 5.32 Å². The topological polar surface area (TPSA) is 66.4 Å². The lowest BCUT2D eigenvalue weighted by Crippen LogP contribution is -2.55. The zero-order chi connectivity index (χ0) is 16.5. The minimum Gasteiger partial charge on any atom is -0.480 e. The van der Waals surface area contributed by atoms with Crippen LogP contribution in [-0.2, 0) is 4.79 Å². The number of hydrogen-bond acceptors (Lipinski definition) is 2. The third-order valence-corrected chi connectivity index (χ3v) is 4.93. The van der Waals surface area contributed by atoms with Crippen molar-refractivity contribution in [2.24, 2.45) is 5.92 Å². The van der Waals surface area contributed by atoms with Crippen LogP contribution in [0.3, 0.4) is 0 Å². The highest BCUT2D eigenvalue weighted by Gasteiger charge is 2.38. The maximum atomic E-state index is 12.5. The van der Waals surface area contributed by atoms with Gasteiger partial charge in [0.15, 0.2) is 0 Å². The molecule has 22 heavy (non-hydrogen) atoms. The van der Waals surface area contributed by atoms with Crippen LogP contribution in [0, 0.1) is 5.92 Å². The number of carboxylic acid groups (broad SMARTS) is 1. The Labute approximate surface area is 137 Å². The smallest absolute Gasteiger partial charge is 0.329 e. The number of amides is 1. The van der Waals surface area contributed by atoms with Gasteiger partial charge in [0.05, 0.1) is 5.56 Å². The summed E-state index contributed by atoms with van der Waals surface area (Å²) in [6.07, 6.45) is 0. The fraction of sp³-hybridized carbons (Fsp3) is 0.294. The first-order valence-electron chi connectivity index (χ1n) is 7.00. The van der Waals surface area contributed by atoms with Crippen molar-refractivity contribution >= 4 is 38.6 Å². The van der Waals surface area contributed by atoms with Gasteiger partial charge in [-0.05, 0) is 45.6 Å². The van der Waals surface area contributed by atoms with Crippen LogP contribution in [0.15, 0.2) is 40.9 Å². The summed E-state index contributed by atoms with van der Waals surface area (Å²) in [4.78, 5) is 24.0. The van der Waals surface area contributed by atoms with Gasteiger partial charge in [-0.3, -0.25) is 4.79 Å². The third-order valence-electron chi connectivity index (χ3n) is 4.08. The number of benzene rings is 2. The van der Waals surface area contributed by atoms with Crippen molar-refractivity contribution in [1.29, 1.82) is 0 Å². The summed E-state index contributed by atoms with van der Waals surface area (Å²) >= 11 is 3.46. The number of fused-ring (bicyclic) bond motifs is 1. The predicted molar refractivity (Wildman–Crippen MR) is 90.0 cm³/mol. The molecule has 0 aromatic heterocycles. The molecule has 2 aromatic rings. The number of halogens is 1. The van der Waals surface area contributed by atoms with E-state index in [9.17, 15) is 14.7 Å². The Morgan fingerprint density at radius 3 is 2.41 bits per heavy atom. The van der Waals surface area contributed by atoms with Crippen LogP contribution in [-0.4, -0.2) is 22.5 Å². The molecule has 0 bridgehead atoms. The summed E-state index contributed by atoms with van der Waals surface area (Å²) in [5.41, 5.74) is -0.894. The molecule has 0 fully saturated rings. The molecular weight excluding hydrogens is 346 g/mol. The molecule has 0 radical (unpaired) electrons. The van der Waals surface area contributed by atoms with E-state index in [1.54, 1.807) is 19.9 Å². The zero-order valence-corrected chi connectivity index (χ0v) is 14.3. The number of rotatable bonds is 4. The standard InChI is InChI=1S/C17H18BrNO3/c1-10(2)17(3,16(21)22)19-15(20)13-9-8-11-6-4-5-7-12(11)14(13)18/h4-10H,1-3H3,(H,19,20)(H,21,22). The van der Waals surface area contributed by atoms with Gasteiger partial charge in [0.25, 0.3) is 5.91 Å². The molecule has 0 aliphatic rings. The largest absolute Gasteiger partial charge is 0.480 e. The second kappa shape index (κ2) is 6.08. The highest BCUT2D eigenvalue weighted by atomic mass is 79.9. The van der Waals surface area contributed by atoms with Crippen molar-refractivity contribution in [3.63, 3.8) is 0 Å². The van der Waals surface area contributed by atoms with Crippen LogP contribution in [0.2, 0.25) is 0 Å². The summed E-state index contributed by atoms with van der Waals surface area (Å²) in [6.45, 7) is 5.06. The lowest BCUT2D eigenvalue weighted by Gasteiger charge is -2.30. The number of hydrogen-bond donors (Lipinski definition) is 2. The van der Waals surface area contributed by atoms with Crippen LogP contribution < -0.4 is 5.32 Å². The van der Waals surface area contributed by atoms with Gasteiger partial charge in [-0.1, -0.05) is 44.2 Å². The lowest BCUT2D eigenvalue weighted by molar-refractivity contribution is -0.145. The summed E-state index contributed by atoms with van der Waals surface area (Å²) in [5, 5.41) is 14.0. The summed E-state index contributed by atoms with van der Waals surface area (Å²) < 4.78 is 0.666. The Balaban J connectivity index is 2.42. The van der Waals surface area contributed by atoms with E-state index >= 15 is 0 Å². The van der Waals surface area contributed by atoms with Gasteiger partial charge >= 0.3 is 5.97 Å². The number of carboxylic acids is 1. The average molecular weight is 364 g/mol. The average Bonchev–Trinajstić information content (AvgIpc) is 2.47. The first-order chi connectivity index (χ1) is 10.3. The molecule has 1 amide bonds. The molecule has 4 nitrogen and oxygen atoms in total. The Morgan fingerprint density at radius 2 is 1.82 bits per heavy atom. The van der Waals surface area contributed by atoms with Crippen molar-refractivity contribution in [3.05, 3.63) is 46.4 Å². The summed E-state index contributed by atoms with van der Waals surface area (Å²) in [5.74, 6) is -1.70. The molecule has 116 valence electrons. The van der Waals surface area contributed by atoms with E-state index in [0.717, 1.165) is 10.8 Å². The van der Waals surface area contributed by atoms with Gasteiger partial charge < -0.3 is 10.4 Å². The van der Waals surface area contributed by atoms with Gasteiger partial charge in [-0.15, -0.1) is 0 Å². The number of aliphatic carboxylic acids is 1. The highest BCUT2D eigenvalue weighted by molar-refractivity contribution is 9.10. The van der Waals surface area contributed by atoms with E-state index in [1.165, 1.54) is 6.92 Å². The maximum Gasteiger partial charge on any atom is 0.329 e. The number of carbonyl (C=O) groups is 2. The predicted octanol–water partition coefficient (Wildman–Crippen LogP) is 3.83. The first kappa shape index (κ1) is 16.5. The van der Waals surface area contributed by atoms with Gasteiger partial charge in [0.2, 0.25) is 0 Å². The van der Waals surface area contributed by atoms with Crippen LogP contribution in [0.1, 0.15) is 31.1 Å². The number of carbonyl (C=O) groups excluding carboxylic acids is 1. The molecular formula is C17H18BrNO3. The molecule has 2 aromatic carbocycles. The van der Waals surface area contributed by atoms with E-state index in [-0.39, 0.29) is 5.92 Å². The SMILES string of the molecule is CC(C)C(C)(NC(=O)c1ccc2ccccc2c1Br)C(=O)O. The monoisotopic (exact) mass is 363 g/mol. The Hall–Kier alpha value is -1.88. The quantitative estimate of drug-likeness (QED) is 0.867. The number of nitrogens with one attached hydrogen (secondary N) is 1. The van der Waals surface area contributed by atoms with E-state index in [2.05, 4.69) is 21.2 Å². The molecule has 0 aliphatic heterocycles. The lowest BCUT2D eigenvalue weighted by atomic mass is 9.88. The summed E-state index contributed by atoms with van der Waals surface area (Å²) in [6, 6.07) is 11.2. The van der Waals surface area contributed by atoms with Gasteiger partial charge in [-0.25, -0.2) is 4.79 Å². The van der Waals surface area contributed by atoms with Crippen molar-refractivity contribution in [3.8, 4) is 0 Å².